The van der Waals surface area contributed by atoms with E-state index in [-0.39, 0.29) is 12.1 Å². The lowest BCUT2D eigenvalue weighted by Gasteiger charge is -2.13. The van der Waals surface area contributed by atoms with Crippen molar-refractivity contribution >= 4 is 11.0 Å². The first-order valence-electron chi connectivity index (χ1n) is 8.48. The van der Waals surface area contributed by atoms with Gasteiger partial charge in [-0.15, -0.1) is 0 Å². The maximum absolute atomic E-state index is 13.2. The van der Waals surface area contributed by atoms with Crippen LogP contribution < -0.4 is 16.0 Å². The van der Waals surface area contributed by atoms with Gasteiger partial charge in [-0.3, -0.25) is 9.36 Å². The normalized spacial score (nSPS) is 10.9. The molecule has 0 spiro atoms. The number of nitrogens with zero attached hydrogens (tertiary/aromatic N) is 3. The number of fused-ring (bicyclic) bond motifs is 1. The second-order valence-corrected chi connectivity index (χ2v) is 6.07. The van der Waals surface area contributed by atoms with E-state index in [0.717, 1.165) is 11.3 Å². The highest BCUT2D eigenvalue weighted by Gasteiger charge is 2.15. The van der Waals surface area contributed by atoms with Gasteiger partial charge < -0.3 is 4.74 Å². The summed E-state index contributed by atoms with van der Waals surface area (Å²) in [5, 5.41) is 0.398. The minimum atomic E-state index is -0.423. The van der Waals surface area contributed by atoms with Crippen molar-refractivity contribution in [2.24, 2.45) is 0 Å². The van der Waals surface area contributed by atoms with Gasteiger partial charge in [-0.2, -0.15) is 0 Å². The molecule has 0 atom stereocenters. The predicted molar refractivity (Wildman–Crippen MR) is 104 cm³/mol. The number of aromatic nitrogens is 3. The SMILES string of the molecule is COc1ccc(Cn2c(=O)c3cccnc3n(-c3ccccc3)c2=O)cc1. The van der Waals surface area contributed by atoms with Crippen LogP contribution in [0.5, 0.6) is 5.75 Å². The lowest BCUT2D eigenvalue weighted by molar-refractivity contribution is 0.414. The van der Waals surface area contributed by atoms with Crippen LogP contribution >= 0.6 is 0 Å². The van der Waals surface area contributed by atoms with E-state index in [4.69, 9.17) is 4.74 Å². The number of hydrogen-bond donors (Lipinski definition) is 0. The Bertz CT molecular complexity index is 1210. The Hall–Kier alpha value is -3.67. The second kappa shape index (κ2) is 6.92. The van der Waals surface area contributed by atoms with Gasteiger partial charge in [0, 0.05) is 6.20 Å². The molecule has 6 nitrogen and oxygen atoms in total. The monoisotopic (exact) mass is 359 g/mol. The molecule has 27 heavy (non-hydrogen) atoms. The van der Waals surface area contributed by atoms with Crippen molar-refractivity contribution in [1.82, 2.24) is 14.1 Å². The molecular formula is C21H17N3O3. The number of methoxy groups -OCH3 is 1. The van der Waals surface area contributed by atoms with Gasteiger partial charge >= 0.3 is 5.69 Å². The van der Waals surface area contributed by atoms with Crippen molar-refractivity contribution in [2.75, 3.05) is 7.11 Å². The van der Waals surface area contributed by atoms with E-state index in [1.165, 1.54) is 9.13 Å². The topological polar surface area (TPSA) is 66.1 Å². The lowest BCUT2D eigenvalue weighted by atomic mass is 10.2. The highest BCUT2D eigenvalue weighted by Crippen LogP contribution is 2.14. The predicted octanol–water partition coefficient (Wildman–Crippen LogP) is 2.60. The Kier molecular flexibility index (Phi) is 4.30. The number of hydrogen-bond acceptors (Lipinski definition) is 4. The van der Waals surface area contributed by atoms with Crippen LogP contribution in [0.15, 0.2) is 82.5 Å². The highest BCUT2D eigenvalue weighted by molar-refractivity contribution is 5.75. The third kappa shape index (κ3) is 3.01. The smallest absolute Gasteiger partial charge is 0.337 e. The molecule has 2 aromatic carbocycles. The van der Waals surface area contributed by atoms with E-state index in [0.29, 0.717) is 16.7 Å². The van der Waals surface area contributed by atoms with E-state index in [1.807, 2.05) is 42.5 Å². The average molecular weight is 359 g/mol. The number of para-hydroxylation sites is 1. The molecule has 2 heterocycles. The summed E-state index contributed by atoms with van der Waals surface area (Å²) < 4.78 is 7.87. The fourth-order valence-electron chi connectivity index (χ4n) is 3.05. The Morgan fingerprint density at radius 3 is 2.37 bits per heavy atom. The molecule has 0 aliphatic heterocycles. The van der Waals surface area contributed by atoms with E-state index >= 15 is 0 Å². The summed E-state index contributed by atoms with van der Waals surface area (Å²) in [6.07, 6.45) is 1.58. The third-order valence-electron chi connectivity index (χ3n) is 4.41. The van der Waals surface area contributed by atoms with Crippen LogP contribution in [-0.4, -0.2) is 21.2 Å². The molecule has 0 bridgehead atoms. The summed E-state index contributed by atoms with van der Waals surface area (Å²) in [6.45, 7) is 0.166. The van der Waals surface area contributed by atoms with Crippen molar-refractivity contribution < 1.29 is 4.74 Å². The molecule has 0 saturated carbocycles. The molecule has 4 rings (SSSR count). The number of pyridine rings is 1. The summed E-state index contributed by atoms with van der Waals surface area (Å²) in [5.74, 6) is 0.718. The van der Waals surface area contributed by atoms with Crippen LogP contribution in [0.3, 0.4) is 0 Å². The zero-order valence-electron chi connectivity index (χ0n) is 14.7. The van der Waals surface area contributed by atoms with Crippen molar-refractivity contribution in [1.29, 1.82) is 0 Å². The molecule has 0 aliphatic carbocycles. The molecule has 0 radical (unpaired) electrons. The van der Waals surface area contributed by atoms with E-state index in [2.05, 4.69) is 4.98 Å². The maximum atomic E-state index is 13.2. The molecule has 0 aliphatic rings. The fourth-order valence-corrected chi connectivity index (χ4v) is 3.05. The summed E-state index contributed by atoms with van der Waals surface area (Å²) in [6, 6.07) is 19.9. The Balaban J connectivity index is 1.95. The van der Waals surface area contributed by atoms with Gasteiger partial charge in [0.1, 0.15) is 5.75 Å². The molecule has 134 valence electrons. The minimum Gasteiger partial charge on any atom is -0.497 e. The van der Waals surface area contributed by atoms with Crippen molar-refractivity contribution in [3.8, 4) is 11.4 Å². The molecular weight excluding hydrogens is 342 g/mol. The van der Waals surface area contributed by atoms with E-state index < -0.39 is 5.69 Å². The molecule has 0 fully saturated rings. The first-order chi connectivity index (χ1) is 13.2. The summed E-state index contributed by atoms with van der Waals surface area (Å²) in [5.41, 5.74) is 1.07. The third-order valence-corrected chi connectivity index (χ3v) is 4.41. The van der Waals surface area contributed by atoms with Crippen LogP contribution in [-0.2, 0) is 6.54 Å². The molecule has 0 unspecified atom stereocenters. The largest absolute Gasteiger partial charge is 0.497 e. The highest BCUT2D eigenvalue weighted by atomic mass is 16.5. The molecule has 2 aromatic heterocycles. The van der Waals surface area contributed by atoms with Gasteiger partial charge in [0.05, 0.1) is 24.7 Å². The van der Waals surface area contributed by atoms with Gasteiger partial charge in [0.2, 0.25) is 0 Å². The maximum Gasteiger partial charge on any atom is 0.337 e. The summed E-state index contributed by atoms with van der Waals surface area (Å²) in [4.78, 5) is 30.4. The average Bonchev–Trinajstić information content (AvgIpc) is 2.72. The van der Waals surface area contributed by atoms with Crippen molar-refractivity contribution in [3.63, 3.8) is 0 Å². The second-order valence-electron chi connectivity index (χ2n) is 6.07. The minimum absolute atomic E-state index is 0.166. The molecule has 0 amide bonds. The first-order valence-corrected chi connectivity index (χ1v) is 8.48. The van der Waals surface area contributed by atoms with E-state index in [1.54, 1.807) is 37.6 Å². The van der Waals surface area contributed by atoms with Crippen LogP contribution in [0, 0.1) is 0 Å². The van der Waals surface area contributed by atoms with Gasteiger partial charge in [-0.25, -0.2) is 14.3 Å². The van der Waals surface area contributed by atoms with Crippen LogP contribution in [0.4, 0.5) is 0 Å². The number of ether oxygens (including phenoxy) is 1. The Labute approximate surface area is 154 Å². The first kappa shape index (κ1) is 16.8. The van der Waals surface area contributed by atoms with E-state index in [9.17, 15) is 9.59 Å². The Morgan fingerprint density at radius 1 is 0.926 bits per heavy atom. The zero-order chi connectivity index (χ0) is 18.8. The standard InChI is InChI=1S/C21H17N3O3/c1-27-17-11-9-15(10-12-17)14-23-20(25)18-8-5-13-22-19(18)24(21(23)26)16-6-3-2-4-7-16/h2-13H,14H2,1H3. The fraction of sp³-hybridized carbons (Fsp3) is 0.0952. The number of rotatable bonds is 4. The Morgan fingerprint density at radius 2 is 1.67 bits per heavy atom. The molecule has 6 heteroatoms. The molecule has 0 saturated heterocycles. The molecule has 0 N–H and O–H groups in total. The number of benzene rings is 2. The van der Waals surface area contributed by atoms with Crippen LogP contribution in [0.25, 0.3) is 16.7 Å². The van der Waals surface area contributed by atoms with Gasteiger partial charge in [0.15, 0.2) is 5.65 Å². The quantitative estimate of drug-likeness (QED) is 0.562. The summed E-state index contributed by atoms with van der Waals surface area (Å²) >= 11 is 0. The lowest BCUT2D eigenvalue weighted by Crippen LogP contribution is -2.40. The summed E-state index contributed by atoms with van der Waals surface area (Å²) in [7, 11) is 1.59. The molecule has 4 aromatic rings. The van der Waals surface area contributed by atoms with Crippen molar-refractivity contribution in [2.45, 2.75) is 6.54 Å². The van der Waals surface area contributed by atoms with Crippen LogP contribution in [0.1, 0.15) is 5.56 Å². The van der Waals surface area contributed by atoms with Gasteiger partial charge in [-0.1, -0.05) is 30.3 Å². The van der Waals surface area contributed by atoms with Gasteiger partial charge in [0.25, 0.3) is 5.56 Å². The van der Waals surface area contributed by atoms with Gasteiger partial charge in [-0.05, 0) is 42.0 Å². The van der Waals surface area contributed by atoms with Crippen molar-refractivity contribution in [3.05, 3.63) is 99.3 Å². The van der Waals surface area contributed by atoms with Crippen LogP contribution in [0.2, 0.25) is 0 Å². The zero-order valence-corrected chi connectivity index (χ0v) is 14.7.